The van der Waals surface area contributed by atoms with Gasteiger partial charge in [-0.2, -0.15) is 0 Å². The molecular formula is C21H17N3OS2. The Kier molecular flexibility index (Phi) is 5.09. The Bertz CT molecular complexity index is 1090. The number of hydrogen-bond donors (Lipinski definition) is 0. The first kappa shape index (κ1) is 17.6. The minimum absolute atomic E-state index is 0.0944. The number of thiazole rings is 1. The van der Waals surface area contributed by atoms with Gasteiger partial charge in [-0.3, -0.25) is 14.7 Å². The van der Waals surface area contributed by atoms with E-state index < -0.39 is 0 Å². The van der Waals surface area contributed by atoms with Gasteiger partial charge in [0.05, 0.1) is 16.8 Å². The maximum atomic E-state index is 13.0. The number of aromatic nitrogens is 2. The van der Waals surface area contributed by atoms with Crippen molar-refractivity contribution in [2.24, 2.45) is 0 Å². The van der Waals surface area contributed by atoms with Gasteiger partial charge in [-0.1, -0.05) is 29.5 Å². The molecular weight excluding hydrogens is 374 g/mol. The number of pyridine rings is 1. The number of thiophene rings is 1. The van der Waals surface area contributed by atoms with Crippen molar-refractivity contribution in [2.75, 3.05) is 4.90 Å². The summed E-state index contributed by atoms with van der Waals surface area (Å²) in [5.74, 6) is -0.0944. The van der Waals surface area contributed by atoms with Gasteiger partial charge in [0.15, 0.2) is 5.13 Å². The number of hydrogen-bond acceptors (Lipinski definition) is 5. The average molecular weight is 392 g/mol. The van der Waals surface area contributed by atoms with Crippen LogP contribution in [-0.2, 0) is 11.3 Å². The van der Waals surface area contributed by atoms with Gasteiger partial charge in [-0.25, -0.2) is 4.98 Å². The summed E-state index contributed by atoms with van der Waals surface area (Å²) < 4.78 is 1.08. The number of carbonyl (C=O) groups is 1. The third-order valence-corrected chi connectivity index (χ3v) is 5.91. The molecule has 0 aliphatic heterocycles. The molecule has 3 heterocycles. The van der Waals surface area contributed by atoms with Crippen molar-refractivity contribution in [3.63, 3.8) is 0 Å². The Morgan fingerprint density at radius 1 is 1.22 bits per heavy atom. The highest BCUT2D eigenvalue weighted by molar-refractivity contribution is 7.22. The topological polar surface area (TPSA) is 46.1 Å². The van der Waals surface area contributed by atoms with Crippen molar-refractivity contribution in [1.29, 1.82) is 0 Å². The maximum Gasteiger partial charge on any atom is 0.253 e. The SMILES string of the molecule is Cc1ccc2nc(N(Cc3cccnc3)C(=O)/C=C/c3cccs3)sc2c1. The number of aryl methyl sites for hydroxylation is 1. The molecule has 0 saturated heterocycles. The van der Waals surface area contributed by atoms with Crippen LogP contribution in [0.5, 0.6) is 0 Å². The van der Waals surface area contributed by atoms with Gasteiger partial charge in [0.25, 0.3) is 5.91 Å². The Balaban J connectivity index is 1.68. The van der Waals surface area contributed by atoms with E-state index in [9.17, 15) is 4.79 Å². The van der Waals surface area contributed by atoms with Crippen molar-refractivity contribution in [3.05, 3.63) is 82.3 Å². The Morgan fingerprint density at radius 2 is 2.15 bits per heavy atom. The van der Waals surface area contributed by atoms with E-state index in [2.05, 4.69) is 23.0 Å². The monoisotopic (exact) mass is 391 g/mol. The van der Waals surface area contributed by atoms with Crippen LogP contribution in [-0.4, -0.2) is 15.9 Å². The van der Waals surface area contributed by atoms with Gasteiger partial charge in [0.2, 0.25) is 0 Å². The number of carbonyl (C=O) groups excluding carboxylic acids is 1. The summed E-state index contributed by atoms with van der Waals surface area (Å²) in [6, 6.07) is 13.9. The number of benzene rings is 1. The lowest BCUT2D eigenvalue weighted by molar-refractivity contribution is -0.114. The summed E-state index contributed by atoms with van der Waals surface area (Å²) in [6.45, 7) is 2.49. The number of amides is 1. The number of fused-ring (bicyclic) bond motifs is 1. The number of rotatable bonds is 5. The molecule has 0 saturated carbocycles. The molecule has 0 bridgehead atoms. The van der Waals surface area contributed by atoms with E-state index in [1.165, 1.54) is 16.9 Å². The minimum atomic E-state index is -0.0944. The molecule has 4 nitrogen and oxygen atoms in total. The fourth-order valence-corrected chi connectivity index (χ4v) is 4.37. The first-order valence-electron chi connectivity index (χ1n) is 8.48. The van der Waals surface area contributed by atoms with E-state index in [-0.39, 0.29) is 5.91 Å². The van der Waals surface area contributed by atoms with E-state index in [4.69, 9.17) is 0 Å². The van der Waals surface area contributed by atoms with Crippen LogP contribution in [0.15, 0.2) is 66.3 Å². The van der Waals surface area contributed by atoms with Crippen LogP contribution < -0.4 is 4.90 Å². The summed E-state index contributed by atoms with van der Waals surface area (Å²) in [7, 11) is 0. The van der Waals surface area contributed by atoms with Gasteiger partial charge in [-0.15, -0.1) is 11.3 Å². The fourth-order valence-electron chi connectivity index (χ4n) is 2.68. The van der Waals surface area contributed by atoms with Crippen molar-refractivity contribution < 1.29 is 4.79 Å². The predicted molar refractivity (Wildman–Crippen MR) is 113 cm³/mol. The molecule has 3 aromatic heterocycles. The molecule has 0 N–H and O–H groups in total. The Morgan fingerprint density at radius 3 is 2.93 bits per heavy atom. The normalized spacial score (nSPS) is 11.3. The summed E-state index contributed by atoms with van der Waals surface area (Å²) in [6.07, 6.45) is 6.97. The van der Waals surface area contributed by atoms with Crippen molar-refractivity contribution in [2.45, 2.75) is 13.5 Å². The first-order valence-corrected chi connectivity index (χ1v) is 10.2. The highest BCUT2D eigenvalue weighted by Crippen LogP contribution is 2.30. The van der Waals surface area contributed by atoms with Crippen LogP contribution in [0, 0.1) is 6.92 Å². The zero-order valence-electron chi connectivity index (χ0n) is 14.7. The van der Waals surface area contributed by atoms with Gasteiger partial charge >= 0.3 is 0 Å². The molecule has 27 heavy (non-hydrogen) atoms. The van der Waals surface area contributed by atoms with Crippen molar-refractivity contribution in [3.8, 4) is 0 Å². The van der Waals surface area contributed by atoms with Gasteiger partial charge in [0, 0.05) is 23.3 Å². The van der Waals surface area contributed by atoms with E-state index in [1.807, 2.05) is 47.9 Å². The maximum absolute atomic E-state index is 13.0. The lowest BCUT2D eigenvalue weighted by atomic mass is 10.2. The van der Waals surface area contributed by atoms with E-state index in [0.29, 0.717) is 11.7 Å². The highest BCUT2D eigenvalue weighted by atomic mass is 32.1. The van der Waals surface area contributed by atoms with Crippen LogP contribution >= 0.6 is 22.7 Å². The van der Waals surface area contributed by atoms with Gasteiger partial charge < -0.3 is 0 Å². The van der Waals surface area contributed by atoms with Gasteiger partial charge in [-0.05, 0) is 53.8 Å². The summed E-state index contributed by atoms with van der Waals surface area (Å²) in [4.78, 5) is 24.6. The molecule has 0 unspecified atom stereocenters. The molecule has 0 spiro atoms. The second-order valence-electron chi connectivity index (χ2n) is 6.10. The summed E-state index contributed by atoms with van der Waals surface area (Å²) in [5.41, 5.74) is 3.05. The molecule has 0 radical (unpaired) electrons. The molecule has 0 fully saturated rings. The molecule has 1 amide bonds. The van der Waals surface area contributed by atoms with Gasteiger partial charge in [0.1, 0.15) is 0 Å². The lowest BCUT2D eigenvalue weighted by Crippen LogP contribution is -2.28. The quantitative estimate of drug-likeness (QED) is 0.433. The number of nitrogens with zero attached hydrogens (tertiary/aromatic N) is 3. The third kappa shape index (κ3) is 4.13. The standard InChI is InChI=1S/C21H17N3OS2/c1-15-6-8-18-19(12-15)27-21(23-18)24(14-16-4-2-10-22-13-16)20(25)9-7-17-5-3-11-26-17/h2-13H,14H2,1H3/b9-7+. The molecule has 0 aliphatic carbocycles. The lowest BCUT2D eigenvalue weighted by Gasteiger charge is -2.18. The van der Waals surface area contributed by atoms with Crippen LogP contribution in [0.1, 0.15) is 16.0 Å². The zero-order chi connectivity index (χ0) is 18.6. The van der Waals surface area contributed by atoms with Crippen LogP contribution in [0.2, 0.25) is 0 Å². The first-order chi connectivity index (χ1) is 13.2. The molecule has 0 atom stereocenters. The van der Waals surface area contributed by atoms with E-state index in [0.717, 1.165) is 20.7 Å². The Labute approximate surface area is 165 Å². The predicted octanol–water partition coefficient (Wildman–Crippen LogP) is 5.31. The zero-order valence-corrected chi connectivity index (χ0v) is 16.3. The van der Waals surface area contributed by atoms with Crippen LogP contribution in [0.3, 0.4) is 0 Å². The number of anilines is 1. The molecule has 134 valence electrons. The van der Waals surface area contributed by atoms with Crippen LogP contribution in [0.4, 0.5) is 5.13 Å². The largest absolute Gasteiger partial charge is 0.280 e. The molecule has 6 heteroatoms. The average Bonchev–Trinajstić information content (AvgIpc) is 3.34. The second-order valence-corrected chi connectivity index (χ2v) is 8.09. The second kappa shape index (κ2) is 7.82. The van der Waals surface area contributed by atoms with E-state index in [1.54, 1.807) is 34.7 Å². The summed E-state index contributed by atoms with van der Waals surface area (Å²) >= 11 is 3.13. The van der Waals surface area contributed by atoms with Crippen LogP contribution in [0.25, 0.3) is 16.3 Å². The highest BCUT2D eigenvalue weighted by Gasteiger charge is 2.18. The minimum Gasteiger partial charge on any atom is -0.280 e. The van der Waals surface area contributed by atoms with Crippen molar-refractivity contribution in [1.82, 2.24) is 9.97 Å². The summed E-state index contributed by atoms with van der Waals surface area (Å²) in [5, 5.41) is 2.69. The van der Waals surface area contributed by atoms with Crippen molar-refractivity contribution >= 4 is 50.0 Å². The fraction of sp³-hybridized carbons (Fsp3) is 0.0952. The smallest absolute Gasteiger partial charge is 0.253 e. The van der Waals surface area contributed by atoms with E-state index >= 15 is 0 Å². The molecule has 1 aromatic carbocycles. The third-order valence-electron chi connectivity index (χ3n) is 4.03. The Hall–Kier alpha value is -2.83. The molecule has 4 aromatic rings. The molecule has 0 aliphatic rings. The molecule has 4 rings (SSSR count).